The highest BCUT2D eigenvalue weighted by molar-refractivity contribution is 7.59. The summed E-state index contributed by atoms with van der Waals surface area (Å²) in [6.07, 6.45) is 1.30. The Morgan fingerprint density at radius 2 is 1.84 bits per heavy atom. The van der Waals surface area contributed by atoms with Gasteiger partial charge in [-0.15, -0.1) is 0 Å². The lowest BCUT2D eigenvalue weighted by Gasteiger charge is -2.37. The van der Waals surface area contributed by atoms with Gasteiger partial charge in [-0.1, -0.05) is 0 Å². The Hall–Kier alpha value is -1.89. The molecule has 0 fully saturated rings. The second-order valence-electron chi connectivity index (χ2n) is 6.75. The van der Waals surface area contributed by atoms with Crippen molar-refractivity contribution >= 4 is 25.9 Å². The smallest absolute Gasteiger partial charge is 0.410 e. The second-order valence-corrected chi connectivity index (χ2v) is 6.75. The maximum absolute atomic E-state index is 12.5. The van der Waals surface area contributed by atoms with E-state index < -0.39 is 11.7 Å². The number of rotatable bonds is 4. The fraction of sp³-hybridized carbons (Fsp3) is 0.556. The second kappa shape index (κ2) is 8.47. The highest BCUT2D eigenvalue weighted by atomic mass is 32.1. The topological polar surface area (TPSA) is 65.1 Å². The SMILES string of the molecule is COc1cc2c(cc1OC)[C@H](CC=O)N(C(=O)OC(C)(C)C)CC2.S. The summed E-state index contributed by atoms with van der Waals surface area (Å²) in [6.45, 7) is 5.97. The minimum Gasteiger partial charge on any atom is -0.493 e. The Morgan fingerprint density at radius 1 is 1.24 bits per heavy atom. The van der Waals surface area contributed by atoms with E-state index in [9.17, 15) is 9.59 Å². The summed E-state index contributed by atoms with van der Waals surface area (Å²) in [4.78, 5) is 25.3. The average molecular weight is 369 g/mol. The molecule has 1 atom stereocenters. The van der Waals surface area contributed by atoms with Crippen molar-refractivity contribution in [2.24, 2.45) is 0 Å². The van der Waals surface area contributed by atoms with Crippen LogP contribution in [-0.2, 0) is 16.0 Å². The van der Waals surface area contributed by atoms with Crippen LogP contribution in [0.4, 0.5) is 4.79 Å². The van der Waals surface area contributed by atoms with E-state index in [0.29, 0.717) is 24.5 Å². The van der Waals surface area contributed by atoms with Gasteiger partial charge in [0, 0.05) is 13.0 Å². The van der Waals surface area contributed by atoms with Gasteiger partial charge in [0.25, 0.3) is 0 Å². The molecule has 0 N–H and O–H groups in total. The van der Waals surface area contributed by atoms with Crippen LogP contribution in [0.3, 0.4) is 0 Å². The summed E-state index contributed by atoms with van der Waals surface area (Å²) in [5.74, 6) is 1.23. The molecule has 0 saturated carbocycles. The minimum atomic E-state index is -0.583. The van der Waals surface area contributed by atoms with E-state index in [-0.39, 0.29) is 26.0 Å². The Balaban J connectivity index is 0.00000312. The van der Waals surface area contributed by atoms with Crippen LogP contribution in [0, 0.1) is 0 Å². The van der Waals surface area contributed by atoms with E-state index in [4.69, 9.17) is 14.2 Å². The number of hydrogen-bond donors (Lipinski definition) is 0. The van der Waals surface area contributed by atoms with Crippen molar-refractivity contribution in [2.75, 3.05) is 20.8 Å². The molecule has 7 heteroatoms. The molecule has 0 spiro atoms. The van der Waals surface area contributed by atoms with Gasteiger partial charge in [0.05, 0.1) is 20.3 Å². The standard InChI is InChI=1S/C18H25NO5.H2S/c1-18(2,3)24-17(21)19-8-6-12-10-15(22-4)16(23-5)11-13(12)14(19)7-9-20;/h9-11,14H,6-8H2,1-5H3;1H2/t14-;/m0./s1. The molecule has 1 amide bonds. The lowest BCUT2D eigenvalue weighted by molar-refractivity contribution is -0.109. The molecule has 1 aromatic rings. The lowest BCUT2D eigenvalue weighted by atomic mass is 9.90. The molecule has 1 heterocycles. The number of hydrogen-bond acceptors (Lipinski definition) is 5. The number of ether oxygens (including phenoxy) is 3. The molecule has 1 aliphatic rings. The molecule has 1 aromatic carbocycles. The van der Waals surface area contributed by atoms with E-state index in [1.807, 2.05) is 32.9 Å². The number of nitrogens with zero attached hydrogens (tertiary/aromatic N) is 1. The first-order valence-corrected chi connectivity index (χ1v) is 7.98. The normalized spacial score (nSPS) is 16.4. The number of methoxy groups -OCH3 is 2. The predicted molar refractivity (Wildman–Crippen MR) is 100.0 cm³/mol. The van der Waals surface area contributed by atoms with E-state index in [0.717, 1.165) is 17.4 Å². The maximum atomic E-state index is 12.5. The zero-order valence-corrected chi connectivity index (χ0v) is 16.4. The lowest BCUT2D eigenvalue weighted by Crippen LogP contribution is -2.43. The van der Waals surface area contributed by atoms with Crippen LogP contribution in [0.15, 0.2) is 12.1 Å². The van der Waals surface area contributed by atoms with E-state index in [2.05, 4.69) is 0 Å². The van der Waals surface area contributed by atoms with Gasteiger partial charge in [0.2, 0.25) is 0 Å². The van der Waals surface area contributed by atoms with E-state index >= 15 is 0 Å². The minimum absolute atomic E-state index is 0. The van der Waals surface area contributed by atoms with Gasteiger partial charge in [-0.3, -0.25) is 0 Å². The molecule has 2 rings (SSSR count). The van der Waals surface area contributed by atoms with Crippen molar-refractivity contribution in [3.8, 4) is 11.5 Å². The molecule has 0 aliphatic carbocycles. The third-order valence-electron chi connectivity index (χ3n) is 3.95. The fourth-order valence-corrected chi connectivity index (χ4v) is 2.91. The Labute approximate surface area is 155 Å². The molecule has 1 aliphatic heterocycles. The van der Waals surface area contributed by atoms with Crippen LogP contribution >= 0.6 is 13.5 Å². The Bertz CT molecular complexity index is 627. The Kier molecular flexibility index (Phi) is 7.17. The fourth-order valence-electron chi connectivity index (χ4n) is 2.91. The third-order valence-corrected chi connectivity index (χ3v) is 3.95. The van der Waals surface area contributed by atoms with Gasteiger partial charge < -0.3 is 23.9 Å². The van der Waals surface area contributed by atoms with Crippen molar-refractivity contribution in [3.05, 3.63) is 23.3 Å². The number of aldehydes is 1. The molecule has 6 nitrogen and oxygen atoms in total. The molecule has 0 radical (unpaired) electrons. The van der Waals surface area contributed by atoms with Gasteiger partial charge in [-0.05, 0) is 50.5 Å². The van der Waals surface area contributed by atoms with Crippen molar-refractivity contribution in [1.29, 1.82) is 0 Å². The number of carbonyl (C=O) groups is 2. The van der Waals surface area contributed by atoms with Gasteiger partial charge in [0.1, 0.15) is 11.9 Å². The number of amides is 1. The largest absolute Gasteiger partial charge is 0.493 e. The molecule has 0 aromatic heterocycles. The van der Waals surface area contributed by atoms with E-state index in [1.165, 1.54) is 0 Å². The Morgan fingerprint density at radius 3 is 2.36 bits per heavy atom. The summed E-state index contributed by atoms with van der Waals surface area (Å²) in [7, 11) is 3.15. The molecule has 0 bridgehead atoms. The van der Waals surface area contributed by atoms with Crippen LogP contribution in [0.2, 0.25) is 0 Å². The zero-order chi connectivity index (χ0) is 17.9. The van der Waals surface area contributed by atoms with Crippen molar-refractivity contribution < 1.29 is 23.8 Å². The van der Waals surface area contributed by atoms with E-state index in [1.54, 1.807) is 19.1 Å². The number of fused-ring (bicyclic) bond motifs is 1. The summed E-state index contributed by atoms with van der Waals surface area (Å²) >= 11 is 0. The summed E-state index contributed by atoms with van der Waals surface area (Å²) in [5.41, 5.74) is 1.37. The first-order valence-electron chi connectivity index (χ1n) is 7.98. The zero-order valence-electron chi connectivity index (χ0n) is 15.4. The highest BCUT2D eigenvalue weighted by Gasteiger charge is 2.34. The number of benzene rings is 1. The summed E-state index contributed by atoms with van der Waals surface area (Å²) < 4.78 is 16.2. The van der Waals surface area contributed by atoms with Crippen LogP contribution in [0.25, 0.3) is 0 Å². The molecular formula is C18H27NO5S. The van der Waals surface area contributed by atoms with Crippen LogP contribution < -0.4 is 9.47 Å². The molecule has 140 valence electrons. The van der Waals surface area contributed by atoms with Crippen molar-refractivity contribution in [3.63, 3.8) is 0 Å². The third kappa shape index (κ3) is 4.81. The van der Waals surface area contributed by atoms with Crippen LogP contribution in [0.1, 0.15) is 44.4 Å². The first-order chi connectivity index (χ1) is 11.3. The number of carbonyl (C=O) groups excluding carboxylic acids is 2. The van der Waals surface area contributed by atoms with Crippen molar-refractivity contribution in [1.82, 2.24) is 4.90 Å². The summed E-state index contributed by atoms with van der Waals surface area (Å²) in [6, 6.07) is 3.40. The van der Waals surface area contributed by atoms with Gasteiger partial charge in [0.15, 0.2) is 11.5 Å². The molecule has 0 saturated heterocycles. The first kappa shape index (κ1) is 21.2. The van der Waals surface area contributed by atoms with Crippen LogP contribution in [-0.4, -0.2) is 43.6 Å². The van der Waals surface area contributed by atoms with Crippen molar-refractivity contribution in [2.45, 2.75) is 45.3 Å². The quantitative estimate of drug-likeness (QED) is 0.763. The van der Waals surface area contributed by atoms with Crippen LogP contribution in [0.5, 0.6) is 11.5 Å². The maximum Gasteiger partial charge on any atom is 0.410 e. The molecule has 0 unspecified atom stereocenters. The van der Waals surface area contributed by atoms with Gasteiger partial charge in [-0.25, -0.2) is 4.79 Å². The van der Waals surface area contributed by atoms with Gasteiger partial charge >= 0.3 is 6.09 Å². The average Bonchev–Trinajstić information content (AvgIpc) is 2.52. The molecular weight excluding hydrogens is 342 g/mol. The monoisotopic (exact) mass is 369 g/mol. The molecule has 25 heavy (non-hydrogen) atoms. The van der Waals surface area contributed by atoms with Gasteiger partial charge in [-0.2, -0.15) is 13.5 Å². The predicted octanol–water partition coefficient (Wildman–Crippen LogP) is 3.24. The highest BCUT2D eigenvalue weighted by Crippen LogP contribution is 2.39. The summed E-state index contributed by atoms with van der Waals surface area (Å²) in [5, 5.41) is 0.